The van der Waals surface area contributed by atoms with Crippen LogP contribution in [-0.4, -0.2) is 16.6 Å². The molecule has 3 rings (SSSR count). The number of aryl methyl sites for hydroxylation is 1. The molecule has 0 unspecified atom stereocenters. The van der Waals surface area contributed by atoms with Gasteiger partial charge in [0.25, 0.3) is 5.69 Å². The van der Waals surface area contributed by atoms with Crippen LogP contribution in [-0.2, 0) is 22.6 Å². The number of esters is 1. The maximum absolute atomic E-state index is 12.1. The van der Waals surface area contributed by atoms with Crippen molar-refractivity contribution in [2.75, 3.05) is 5.75 Å². The molecule has 0 bridgehead atoms. The molecule has 3 aromatic rings. The van der Waals surface area contributed by atoms with Crippen molar-refractivity contribution in [1.82, 2.24) is 0 Å². The third-order valence-corrected chi connectivity index (χ3v) is 5.14. The van der Waals surface area contributed by atoms with Crippen molar-refractivity contribution in [2.45, 2.75) is 24.8 Å². The van der Waals surface area contributed by atoms with E-state index in [1.54, 1.807) is 24.3 Å². The molecule has 0 radical (unpaired) electrons. The second kappa shape index (κ2) is 8.71. The molecule has 0 aliphatic heterocycles. The summed E-state index contributed by atoms with van der Waals surface area (Å²) in [5, 5.41) is 11.7. The summed E-state index contributed by atoms with van der Waals surface area (Å²) < 4.78 is 10.5. The number of nitro benzene ring substituents is 1. The molecule has 0 spiro atoms. The van der Waals surface area contributed by atoms with E-state index in [0.717, 1.165) is 23.7 Å². The summed E-state index contributed by atoms with van der Waals surface area (Å²) in [7, 11) is 0. The molecule has 1 heterocycles. The molecule has 0 atom stereocenters. The summed E-state index contributed by atoms with van der Waals surface area (Å²) in [6.07, 6.45) is 0.807. The van der Waals surface area contributed by atoms with Crippen LogP contribution in [0.25, 0.3) is 11.0 Å². The Balaban J connectivity index is 1.68. The van der Waals surface area contributed by atoms with E-state index in [4.69, 9.17) is 9.15 Å². The summed E-state index contributed by atoms with van der Waals surface area (Å²) in [5.41, 5.74) is 1.47. The molecular weight excluding hydrogens is 382 g/mol. The van der Waals surface area contributed by atoms with Crippen molar-refractivity contribution >= 4 is 34.4 Å². The first kappa shape index (κ1) is 19.6. The number of rotatable bonds is 7. The quantitative estimate of drug-likeness (QED) is 0.194. The van der Waals surface area contributed by atoms with Crippen molar-refractivity contribution < 1.29 is 18.9 Å². The highest BCUT2D eigenvalue weighted by Gasteiger charge is 2.15. The number of nitro groups is 1. The normalized spacial score (nSPS) is 10.8. The molecule has 1 aromatic heterocycles. The van der Waals surface area contributed by atoms with E-state index >= 15 is 0 Å². The zero-order valence-corrected chi connectivity index (χ0v) is 15.9. The number of thioether (sulfide) groups is 1. The van der Waals surface area contributed by atoms with Gasteiger partial charge in [-0.15, -0.1) is 11.8 Å². The summed E-state index contributed by atoms with van der Waals surface area (Å²) >= 11 is 1.03. The SMILES string of the molecule is CCc1ccc2c(COC(=O)CSc3ccccc3[N+](=O)[O-])cc(=O)oc2c1. The van der Waals surface area contributed by atoms with Gasteiger partial charge in [-0.05, 0) is 24.1 Å². The third-order valence-electron chi connectivity index (χ3n) is 4.10. The average Bonchev–Trinajstić information content (AvgIpc) is 2.69. The highest BCUT2D eigenvalue weighted by atomic mass is 32.2. The molecule has 7 nitrogen and oxygen atoms in total. The van der Waals surface area contributed by atoms with Gasteiger partial charge in [0.1, 0.15) is 12.2 Å². The van der Waals surface area contributed by atoms with Gasteiger partial charge in [0.05, 0.1) is 15.6 Å². The van der Waals surface area contributed by atoms with Crippen LogP contribution in [0.5, 0.6) is 0 Å². The molecule has 8 heteroatoms. The monoisotopic (exact) mass is 399 g/mol. The van der Waals surface area contributed by atoms with Gasteiger partial charge in [-0.1, -0.05) is 31.2 Å². The van der Waals surface area contributed by atoms with E-state index in [-0.39, 0.29) is 18.0 Å². The molecule has 144 valence electrons. The maximum Gasteiger partial charge on any atom is 0.336 e. The van der Waals surface area contributed by atoms with Crippen LogP contribution in [0.1, 0.15) is 18.1 Å². The lowest BCUT2D eigenvalue weighted by atomic mass is 10.1. The lowest BCUT2D eigenvalue weighted by Gasteiger charge is -2.08. The van der Waals surface area contributed by atoms with Crippen LogP contribution >= 0.6 is 11.8 Å². The zero-order valence-electron chi connectivity index (χ0n) is 15.0. The van der Waals surface area contributed by atoms with E-state index in [1.807, 2.05) is 19.1 Å². The summed E-state index contributed by atoms with van der Waals surface area (Å²) in [4.78, 5) is 34.8. The molecular formula is C20H17NO6S. The van der Waals surface area contributed by atoms with Crippen LogP contribution in [0.4, 0.5) is 5.69 Å². The van der Waals surface area contributed by atoms with Crippen LogP contribution in [0.3, 0.4) is 0 Å². The zero-order chi connectivity index (χ0) is 20.1. The number of nitrogens with zero attached hydrogens (tertiary/aromatic N) is 1. The van der Waals surface area contributed by atoms with Gasteiger partial charge in [0.2, 0.25) is 0 Å². The van der Waals surface area contributed by atoms with Gasteiger partial charge >= 0.3 is 11.6 Å². The van der Waals surface area contributed by atoms with Crippen LogP contribution in [0.2, 0.25) is 0 Å². The Labute approximate surface area is 164 Å². The Morgan fingerprint density at radius 3 is 2.75 bits per heavy atom. The lowest BCUT2D eigenvalue weighted by Crippen LogP contribution is -2.09. The highest BCUT2D eigenvalue weighted by molar-refractivity contribution is 8.00. The maximum atomic E-state index is 12.1. The molecule has 0 aliphatic carbocycles. The first-order valence-corrected chi connectivity index (χ1v) is 9.54. The van der Waals surface area contributed by atoms with E-state index < -0.39 is 16.5 Å². The minimum Gasteiger partial charge on any atom is -0.460 e. The van der Waals surface area contributed by atoms with E-state index in [9.17, 15) is 19.7 Å². The Kier molecular flexibility index (Phi) is 6.10. The smallest absolute Gasteiger partial charge is 0.336 e. The van der Waals surface area contributed by atoms with Crippen molar-refractivity contribution in [2.24, 2.45) is 0 Å². The second-order valence-corrected chi connectivity index (χ2v) is 6.97. The minimum atomic E-state index is -0.533. The van der Waals surface area contributed by atoms with Gasteiger partial charge in [0, 0.05) is 23.1 Å². The van der Waals surface area contributed by atoms with Crippen molar-refractivity contribution in [1.29, 1.82) is 0 Å². The van der Waals surface area contributed by atoms with E-state index in [2.05, 4.69) is 0 Å². The van der Waals surface area contributed by atoms with Gasteiger partial charge < -0.3 is 9.15 Å². The molecule has 0 amide bonds. The van der Waals surface area contributed by atoms with Crippen LogP contribution in [0.15, 0.2) is 62.6 Å². The van der Waals surface area contributed by atoms with Gasteiger partial charge in [-0.2, -0.15) is 0 Å². The predicted molar refractivity (Wildman–Crippen MR) is 105 cm³/mol. The molecule has 0 fully saturated rings. The van der Waals surface area contributed by atoms with Crippen molar-refractivity contribution in [3.63, 3.8) is 0 Å². The Bertz CT molecular complexity index is 1090. The summed E-state index contributed by atoms with van der Waals surface area (Å²) in [5.74, 6) is -0.612. The Morgan fingerprint density at radius 2 is 2.00 bits per heavy atom. The molecule has 28 heavy (non-hydrogen) atoms. The third kappa shape index (κ3) is 4.58. The summed E-state index contributed by atoms with van der Waals surface area (Å²) in [6, 6.07) is 13.1. The van der Waals surface area contributed by atoms with Crippen molar-refractivity contribution in [3.05, 3.63) is 80.2 Å². The van der Waals surface area contributed by atoms with E-state index in [0.29, 0.717) is 21.4 Å². The molecule has 0 aliphatic rings. The topological polar surface area (TPSA) is 99.6 Å². The van der Waals surface area contributed by atoms with Gasteiger partial charge in [0.15, 0.2) is 0 Å². The Morgan fingerprint density at radius 1 is 1.21 bits per heavy atom. The molecule has 2 aromatic carbocycles. The number of para-hydroxylation sites is 1. The first-order valence-electron chi connectivity index (χ1n) is 8.55. The number of hydrogen-bond donors (Lipinski definition) is 0. The fourth-order valence-corrected chi connectivity index (χ4v) is 3.50. The van der Waals surface area contributed by atoms with E-state index in [1.165, 1.54) is 12.1 Å². The number of hydrogen-bond acceptors (Lipinski definition) is 7. The molecule has 0 N–H and O–H groups in total. The number of ether oxygens (including phenoxy) is 1. The molecule has 0 saturated carbocycles. The fraction of sp³-hybridized carbons (Fsp3) is 0.200. The largest absolute Gasteiger partial charge is 0.460 e. The van der Waals surface area contributed by atoms with Crippen LogP contribution < -0.4 is 5.63 Å². The highest BCUT2D eigenvalue weighted by Crippen LogP contribution is 2.28. The standard InChI is InChI=1S/C20H17NO6S/c1-2-13-7-8-15-14(10-19(22)27-17(15)9-13)11-26-20(23)12-28-18-6-4-3-5-16(18)21(24)25/h3-10H,2,11-12H2,1H3. The fourth-order valence-electron chi connectivity index (χ4n) is 2.68. The predicted octanol–water partition coefficient (Wildman–Crippen LogP) is 4.10. The lowest BCUT2D eigenvalue weighted by molar-refractivity contribution is -0.387. The number of carbonyl (C=O) groups excluding carboxylic acids is 1. The van der Waals surface area contributed by atoms with Crippen LogP contribution in [0, 0.1) is 10.1 Å². The number of benzene rings is 2. The second-order valence-electron chi connectivity index (χ2n) is 5.95. The molecule has 0 saturated heterocycles. The summed E-state index contributed by atoms with van der Waals surface area (Å²) in [6.45, 7) is 1.92. The first-order chi connectivity index (χ1) is 13.5. The minimum absolute atomic E-state index is 0.0568. The van der Waals surface area contributed by atoms with Gasteiger partial charge in [-0.3, -0.25) is 14.9 Å². The van der Waals surface area contributed by atoms with Gasteiger partial charge in [-0.25, -0.2) is 4.79 Å². The number of fused-ring (bicyclic) bond motifs is 1. The average molecular weight is 399 g/mol. The van der Waals surface area contributed by atoms with Crippen molar-refractivity contribution in [3.8, 4) is 0 Å². The number of carbonyl (C=O) groups is 1. The Hall–Kier alpha value is -3.13.